The smallest absolute Gasteiger partial charge is 0.222 e. The third-order valence-electron chi connectivity index (χ3n) is 2.99. The molecule has 1 aliphatic carbocycles. The molecule has 2 rings (SSSR count). The molecule has 1 atom stereocenters. The molecule has 3 heteroatoms. The van der Waals surface area contributed by atoms with Gasteiger partial charge in [-0.15, -0.1) is 10.2 Å². The predicted octanol–water partition coefficient (Wildman–Crippen LogP) is 2.63. The average molecular weight is 180 g/mol. The molecule has 0 saturated heterocycles. The summed E-state index contributed by atoms with van der Waals surface area (Å²) < 4.78 is 5.64. The molecule has 1 fully saturated rings. The van der Waals surface area contributed by atoms with Crippen LogP contribution in [0.3, 0.4) is 0 Å². The quantitative estimate of drug-likeness (QED) is 0.717. The number of hydrogen-bond acceptors (Lipinski definition) is 3. The second-order valence-corrected chi connectivity index (χ2v) is 4.32. The third kappa shape index (κ3) is 1.47. The highest BCUT2D eigenvalue weighted by molar-refractivity contribution is 5.12. The first kappa shape index (κ1) is 8.73. The van der Waals surface area contributed by atoms with Gasteiger partial charge in [0.25, 0.3) is 0 Å². The van der Waals surface area contributed by atoms with Crippen molar-refractivity contribution in [3.8, 4) is 0 Å². The van der Waals surface area contributed by atoms with Crippen LogP contribution in [0.15, 0.2) is 4.42 Å². The summed E-state index contributed by atoms with van der Waals surface area (Å²) in [6, 6.07) is 0. The lowest BCUT2D eigenvalue weighted by atomic mass is 10.1. The molecular formula is C10H16N2O. The molecule has 0 radical (unpaired) electrons. The average Bonchev–Trinajstić information content (AvgIpc) is 2.72. The summed E-state index contributed by atoms with van der Waals surface area (Å²) in [7, 11) is 0. The molecule has 1 saturated carbocycles. The molecule has 72 valence electrons. The molecular weight excluding hydrogens is 164 g/mol. The zero-order valence-corrected chi connectivity index (χ0v) is 8.50. The highest BCUT2D eigenvalue weighted by atomic mass is 16.4. The van der Waals surface area contributed by atoms with E-state index in [4.69, 9.17) is 4.42 Å². The summed E-state index contributed by atoms with van der Waals surface area (Å²) in [6.45, 7) is 6.43. The lowest BCUT2D eigenvalue weighted by Crippen LogP contribution is -1.99. The van der Waals surface area contributed by atoms with E-state index in [1.54, 1.807) is 0 Å². The summed E-state index contributed by atoms with van der Waals surface area (Å²) in [5, 5.41) is 8.18. The minimum atomic E-state index is 0.207. The fraction of sp³-hybridized carbons (Fsp3) is 0.800. The van der Waals surface area contributed by atoms with Gasteiger partial charge in [0.1, 0.15) is 0 Å². The Hall–Kier alpha value is -0.860. The van der Waals surface area contributed by atoms with Gasteiger partial charge >= 0.3 is 0 Å². The number of nitrogens with zero attached hydrogens (tertiary/aromatic N) is 2. The molecule has 1 aromatic heterocycles. The maximum atomic E-state index is 5.64. The Balaban J connectivity index is 2.18. The van der Waals surface area contributed by atoms with Crippen molar-refractivity contribution in [2.24, 2.45) is 0 Å². The van der Waals surface area contributed by atoms with Crippen molar-refractivity contribution in [1.29, 1.82) is 0 Å². The normalized spacial score (nSPS) is 21.5. The van der Waals surface area contributed by atoms with Crippen molar-refractivity contribution in [2.45, 2.75) is 51.4 Å². The summed E-state index contributed by atoms with van der Waals surface area (Å²) in [4.78, 5) is 0. The lowest BCUT2D eigenvalue weighted by Gasteiger charge is -2.01. The number of rotatable bonds is 3. The minimum Gasteiger partial charge on any atom is -0.424 e. The van der Waals surface area contributed by atoms with E-state index >= 15 is 0 Å². The second-order valence-electron chi connectivity index (χ2n) is 4.32. The van der Waals surface area contributed by atoms with Gasteiger partial charge in [-0.25, -0.2) is 0 Å². The van der Waals surface area contributed by atoms with E-state index in [0.29, 0.717) is 5.92 Å². The van der Waals surface area contributed by atoms with Gasteiger partial charge in [-0.2, -0.15) is 0 Å². The van der Waals surface area contributed by atoms with Crippen LogP contribution in [-0.2, 0) is 5.41 Å². The van der Waals surface area contributed by atoms with E-state index < -0.39 is 0 Å². The predicted molar refractivity (Wildman–Crippen MR) is 49.6 cm³/mol. The van der Waals surface area contributed by atoms with Gasteiger partial charge in [-0.1, -0.05) is 20.8 Å². The molecule has 0 N–H and O–H groups in total. The molecule has 3 nitrogen and oxygen atoms in total. The van der Waals surface area contributed by atoms with Crippen molar-refractivity contribution in [3.05, 3.63) is 11.8 Å². The van der Waals surface area contributed by atoms with E-state index in [9.17, 15) is 0 Å². The van der Waals surface area contributed by atoms with Crippen LogP contribution in [0.2, 0.25) is 0 Å². The van der Waals surface area contributed by atoms with Crippen LogP contribution in [-0.4, -0.2) is 10.2 Å². The Bertz CT molecular complexity index is 302. The Morgan fingerprint density at radius 2 is 2.15 bits per heavy atom. The van der Waals surface area contributed by atoms with Gasteiger partial charge < -0.3 is 4.42 Å². The van der Waals surface area contributed by atoms with E-state index in [1.165, 1.54) is 12.8 Å². The zero-order valence-electron chi connectivity index (χ0n) is 8.50. The van der Waals surface area contributed by atoms with Crippen molar-refractivity contribution >= 4 is 0 Å². The van der Waals surface area contributed by atoms with Crippen LogP contribution in [0.25, 0.3) is 0 Å². The topological polar surface area (TPSA) is 38.9 Å². The zero-order chi connectivity index (χ0) is 9.47. The van der Waals surface area contributed by atoms with Crippen LogP contribution in [0.5, 0.6) is 0 Å². The van der Waals surface area contributed by atoms with Gasteiger partial charge in [-0.3, -0.25) is 0 Å². The molecule has 0 bridgehead atoms. The van der Waals surface area contributed by atoms with Gasteiger partial charge in [0, 0.05) is 11.3 Å². The highest BCUT2D eigenvalue weighted by Crippen LogP contribution is 2.47. The lowest BCUT2D eigenvalue weighted by molar-refractivity contribution is 0.394. The largest absolute Gasteiger partial charge is 0.424 e. The maximum absolute atomic E-state index is 5.64. The molecule has 0 aromatic carbocycles. The van der Waals surface area contributed by atoms with Crippen LogP contribution in [0.1, 0.15) is 57.7 Å². The molecule has 1 aromatic rings. The first-order valence-corrected chi connectivity index (χ1v) is 4.99. The summed E-state index contributed by atoms with van der Waals surface area (Å²) in [5.74, 6) is 2.03. The standard InChI is InChI=1S/C10H16N2O/c1-4-7(2)8-11-12-9(13-8)10(3)5-6-10/h7H,4-6H2,1-3H3. The number of aromatic nitrogens is 2. The second kappa shape index (κ2) is 2.82. The minimum absolute atomic E-state index is 0.207. The fourth-order valence-electron chi connectivity index (χ4n) is 1.25. The number of hydrogen-bond donors (Lipinski definition) is 0. The van der Waals surface area contributed by atoms with E-state index in [0.717, 1.165) is 18.2 Å². The Labute approximate surface area is 78.5 Å². The van der Waals surface area contributed by atoms with Crippen LogP contribution in [0, 0.1) is 0 Å². The van der Waals surface area contributed by atoms with Gasteiger partial charge in [-0.05, 0) is 19.3 Å². The van der Waals surface area contributed by atoms with Gasteiger partial charge in [0.2, 0.25) is 11.8 Å². The van der Waals surface area contributed by atoms with E-state index in [-0.39, 0.29) is 5.41 Å². The van der Waals surface area contributed by atoms with Crippen molar-refractivity contribution < 1.29 is 4.42 Å². The molecule has 1 aliphatic rings. The Morgan fingerprint density at radius 3 is 2.69 bits per heavy atom. The summed E-state index contributed by atoms with van der Waals surface area (Å²) in [6.07, 6.45) is 3.43. The first-order chi connectivity index (χ1) is 6.15. The highest BCUT2D eigenvalue weighted by Gasteiger charge is 2.44. The molecule has 1 unspecified atom stereocenters. The summed E-state index contributed by atoms with van der Waals surface area (Å²) in [5.41, 5.74) is 0.207. The maximum Gasteiger partial charge on any atom is 0.222 e. The third-order valence-corrected chi connectivity index (χ3v) is 2.99. The Kier molecular flexibility index (Phi) is 1.90. The SMILES string of the molecule is CCC(C)c1nnc(C2(C)CC2)o1. The van der Waals surface area contributed by atoms with Crippen LogP contribution in [0.4, 0.5) is 0 Å². The van der Waals surface area contributed by atoms with E-state index in [1.807, 2.05) is 0 Å². The van der Waals surface area contributed by atoms with Gasteiger partial charge in [0.15, 0.2) is 0 Å². The molecule has 0 spiro atoms. The van der Waals surface area contributed by atoms with Crippen molar-refractivity contribution in [2.75, 3.05) is 0 Å². The van der Waals surface area contributed by atoms with Crippen LogP contribution < -0.4 is 0 Å². The monoisotopic (exact) mass is 180 g/mol. The fourth-order valence-corrected chi connectivity index (χ4v) is 1.25. The molecule has 1 heterocycles. The molecule has 0 aliphatic heterocycles. The van der Waals surface area contributed by atoms with Crippen LogP contribution >= 0.6 is 0 Å². The van der Waals surface area contributed by atoms with Crippen molar-refractivity contribution in [1.82, 2.24) is 10.2 Å². The Morgan fingerprint density at radius 1 is 1.46 bits per heavy atom. The molecule has 13 heavy (non-hydrogen) atoms. The first-order valence-electron chi connectivity index (χ1n) is 4.99. The molecule has 0 amide bonds. The summed E-state index contributed by atoms with van der Waals surface area (Å²) >= 11 is 0. The van der Waals surface area contributed by atoms with E-state index in [2.05, 4.69) is 31.0 Å². The van der Waals surface area contributed by atoms with Gasteiger partial charge in [0.05, 0.1) is 0 Å². The van der Waals surface area contributed by atoms with Crippen molar-refractivity contribution in [3.63, 3.8) is 0 Å².